The van der Waals surface area contributed by atoms with Gasteiger partial charge in [-0.05, 0) is 17.9 Å². The molecule has 1 aromatic carbocycles. The Labute approximate surface area is 186 Å². The lowest BCUT2D eigenvalue weighted by Crippen LogP contribution is -2.59. The first kappa shape index (κ1) is 23.8. The smallest absolute Gasteiger partial charge is 0.239 e. The molecular weight excluding hydrogens is 412 g/mol. The van der Waals surface area contributed by atoms with Gasteiger partial charge < -0.3 is 10.2 Å². The standard InChI is InChI=1S/C24H36N2O4S/c27-22(25-16-10-2-1-5-11-20-12-6-3-7-13-20)18-26-23(28)17-24(26)31(29,30)19-21-14-8-4-9-15-21/h4,8-9,14-15,20,24H,1-3,5-7,10-13,16-19H2,(H,25,27). The van der Waals surface area contributed by atoms with Crippen LogP contribution in [0, 0.1) is 5.92 Å². The predicted octanol–water partition coefficient (Wildman–Crippen LogP) is 3.81. The highest BCUT2D eigenvalue weighted by Gasteiger charge is 2.45. The Morgan fingerprint density at radius 1 is 1.00 bits per heavy atom. The van der Waals surface area contributed by atoms with Crippen LogP contribution >= 0.6 is 0 Å². The fraction of sp³-hybridized carbons (Fsp3) is 0.667. The highest BCUT2D eigenvalue weighted by atomic mass is 32.2. The molecule has 7 heteroatoms. The van der Waals surface area contributed by atoms with Crippen molar-refractivity contribution in [2.45, 2.75) is 81.8 Å². The van der Waals surface area contributed by atoms with E-state index in [1.54, 1.807) is 24.3 Å². The molecular formula is C24H36N2O4S. The summed E-state index contributed by atoms with van der Waals surface area (Å²) in [5, 5.41) is 1.94. The number of nitrogens with zero attached hydrogens (tertiary/aromatic N) is 1. The molecule has 2 amide bonds. The van der Waals surface area contributed by atoms with Crippen molar-refractivity contribution in [3.05, 3.63) is 35.9 Å². The van der Waals surface area contributed by atoms with E-state index >= 15 is 0 Å². The summed E-state index contributed by atoms with van der Waals surface area (Å²) in [7, 11) is -3.52. The number of hydrogen-bond donors (Lipinski definition) is 1. The topological polar surface area (TPSA) is 83.6 Å². The molecule has 172 valence electrons. The summed E-state index contributed by atoms with van der Waals surface area (Å²) in [6.07, 6.45) is 12.7. The summed E-state index contributed by atoms with van der Waals surface area (Å²) >= 11 is 0. The van der Waals surface area contributed by atoms with Crippen molar-refractivity contribution >= 4 is 21.7 Å². The third-order valence-electron chi connectivity index (χ3n) is 6.54. The summed E-state index contributed by atoms with van der Waals surface area (Å²) in [6.45, 7) is 0.394. The van der Waals surface area contributed by atoms with Crippen molar-refractivity contribution < 1.29 is 18.0 Å². The van der Waals surface area contributed by atoms with Gasteiger partial charge >= 0.3 is 0 Å². The highest BCUT2D eigenvalue weighted by molar-refractivity contribution is 7.91. The molecule has 1 aromatic rings. The average molecular weight is 449 g/mol. The second-order valence-corrected chi connectivity index (χ2v) is 11.2. The summed E-state index contributed by atoms with van der Waals surface area (Å²) in [6, 6.07) is 8.92. The molecule has 0 radical (unpaired) electrons. The van der Waals surface area contributed by atoms with E-state index in [2.05, 4.69) is 5.32 Å². The van der Waals surface area contributed by atoms with Crippen LogP contribution in [0.25, 0.3) is 0 Å². The zero-order chi connectivity index (χ0) is 22.1. The lowest BCUT2D eigenvalue weighted by Gasteiger charge is -2.39. The van der Waals surface area contributed by atoms with Crippen LogP contribution < -0.4 is 5.32 Å². The number of benzene rings is 1. The Morgan fingerprint density at radius 2 is 1.71 bits per heavy atom. The number of nitrogens with one attached hydrogen (secondary N) is 1. The minimum atomic E-state index is -3.52. The van der Waals surface area contributed by atoms with Crippen molar-refractivity contribution in [3.8, 4) is 0 Å². The molecule has 1 aliphatic heterocycles. The van der Waals surface area contributed by atoms with E-state index in [-0.39, 0.29) is 30.5 Å². The van der Waals surface area contributed by atoms with Crippen molar-refractivity contribution in [1.82, 2.24) is 10.2 Å². The van der Waals surface area contributed by atoms with Crippen LogP contribution in [0.5, 0.6) is 0 Å². The van der Waals surface area contributed by atoms with Crippen molar-refractivity contribution in [1.29, 1.82) is 0 Å². The van der Waals surface area contributed by atoms with Gasteiger partial charge in [-0.2, -0.15) is 0 Å². The molecule has 1 saturated carbocycles. The van der Waals surface area contributed by atoms with Gasteiger partial charge in [0.05, 0.1) is 12.2 Å². The quantitative estimate of drug-likeness (QED) is 0.389. The van der Waals surface area contributed by atoms with Gasteiger partial charge in [-0.25, -0.2) is 8.42 Å². The minimum absolute atomic E-state index is 0.0383. The summed E-state index contributed by atoms with van der Waals surface area (Å²) in [4.78, 5) is 25.3. The van der Waals surface area contributed by atoms with Crippen LogP contribution in [0.3, 0.4) is 0 Å². The SMILES string of the molecule is O=C(CN1C(=O)CC1S(=O)(=O)Cc1ccccc1)NCCCCCCC1CCCCC1. The van der Waals surface area contributed by atoms with E-state index in [4.69, 9.17) is 0 Å². The van der Waals surface area contributed by atoms with E-state index < -0.39 is 15.2 Å². The Balaban J connectivity index is 1.31. The lowest BCUT2D eigenvalue weighted by atomic mass is 9.85. The Bertz CT molecular complexity index is 819. The molecule has 31 heavy (non-hydrogen) atoms. The molecule has 0 bridgehead atoms. The number of hydrogen-bond acceptors (Lipinski definition) is 4. The summed E-state index contributed by atoms with van der Waals surface area (Å²) < 4.78 is 25.3. The number of likely N-dealkylation sites (tertiary alicyclic amines) is 1. The molecule has 1 heterocycles. The monoisotopic (exact) mass is 448 g/mol. The van der Waals surface area contributed by atoms with Gasteiger partial charge in [0, 0.05) is 6.54 Å². The lowest BCUT2D eigenvalue weighted by molar-refractivity contribution is -0.145. The van der Waals surface area contributed by atoms with Gasteiger partial charge in [0.2, 0.25) is 11.8 Å². The number of sulfone groups is 1. The number of carbonyl (C=O) groups excluding carboxylic acids is 2. The van der Waals surface area contributed by atoms with E-state index in [0.29, 0.717) is 12.1 Å². The molecule has 1 unspecified atom stereocenters. The van der Waals surface area contributed by atoms with Crippen LogP contribution in [-0.2, 0) is 25.2 Å². The molecule has 3 rings (SSSR count). The first-order valence-electron chi connectivity index (χ1n) is 11.8. The van der Waals surface area contributed by atoms with Gasteiger partial charge in [-0.15, -0.1) is 0 Å². The molecule has 0 aromatic heterocycles. The maximum atomic E-state index is 12.7. The molecule has 1 aliphatic carbocycles. The third kappa shape index (κ3) is 7.34. The van der Waals surface area contributed by atoms with Crippen LogP contribution in [-0.4, -0.2) is 43.6 Å². The summed E-state index contributed by atoms with van der Waals surface area (Å²) in [5.41, 5.74) is 0.690. The van der Waals surface area contributed by atoms with E-state index in [1.165, 1.54) is 56.3 Å². The van der Waals surface area contributed by atoms with Crippen molar-refractivity contribution in [3.63, 3.8) is 0 Å². The number of β-lactam (4-membered cyclic amide) rings is 1. The third-order valence-corrected chi connectivity index (χ3v) is 8.53. The predicted molar refractivity (Wildman–Crippen MR) is 122 cm³/mol. The zero-order valence-electron chi connectivity index (χ0n) is 18.4. The molecule has 1 saturated heterocycles. The summed E-state index contributed by atoms with van der Waals surface area (Å²) in [5.74, 6) is 0.244. The molecule has 1 N–H and O–H groups in total. The number of amides is 2. The first-order valence-corrected chi connectivity index (χ1v) is 13.5. The largest absolute Gasteiger partial charge is 0.355 e. The van der Waals surface area contributed by atoms with Crippen molar-refractivity contribution in [2.24, 2.45) is 5.92 Å². The Morgan fingerprint density at radius 3 is 2.42 bits per heavy atom. The van der Waals surface area contributed by atoms with E-state index in [0.717, 1.165) is 18.8 Å². The molecule has 6 nitrogen and oxygen atoms in total. The van der Waals surface area contributed by atoms with E-state index in [1.807, 2.05) is 6.07 Å². The Hall–Kier alpha value is -1.89. The highest BCUT2D eigenvalue weighted by Crippen LogP contribution is 2.28. The van der Waals surface area contributed by atoms with Crippen LogP contribution in [0.4, 0.5) is 0 Å². The van der Waals surface area contributed by atoms with Gasteiger partial charge in [0.15, 0.2) is 9.84 Å². The first-order chi connectivity index (χ1) is 15.0. The molecule has 2 fully saturated rings. The van der Waals surface area contributed by atoms with Crippen LogP contribution in [0.1, 0.15) is 76.2 Å². The molecule has 1 atom stereocenters. The minimum Gasteiger partial charge on any atom is -0.355 e. The number of unbranched alkanes of at least 4 members (excludes halogenated alkanes) is 3. The number of rotatable bonds is 12. The van der Waals surface area contributed by atoms with Crippen LogP contribution in [0.2, 0.25) is 0 Å². The van der Waals surface area contributed by atoms with Gasteiger partial charge in [0.1, 0.15) is 11.9 Å². The Kier molecular flexibility index (Phi) is 8.93. The molecule has 0 spiro atoms. The van der Waals surface area contributed by atoms with Gasteiger partial charge in [-0.3, -0.25) is 9.59 Å². The normalized spacial score (nSPS) is 19.8. The maximum Gasteiger partial charge on any atom is 0.239 e. The zero-order valence-corrected chi connectivity index (χ0v) is 19.2. The number of carbonyl (C=O) groups is 2. The maximum absolute atomic E-state index is 12.7. The fourth-order valence-electron chi connectivity index (χ4n) is 4.66. The van der Waals surface area contributed by atoms with Crippen molar-refractivity contribution in [2.75, 3.05) is 13.1 Å². The second-order valence-electron chi connectivity index (χ2n) is 9.03. The van der Waals surface area contributed by atoms with Crippen LogP contribution in [0.15, 0.2) is 30.3 Å². The van der Waals surface area contributed by atoms with Gasteiger partial charge in [0.25, 0.3) is 0 Å². The molecule has 2 aliphatic rings. The fourth-order valence-corrected chi connectivity index (χ4v) is 6.49. The average Bonchev–Trinajstić information content (AvgIpc) is 2.76. The van der Waals surface area contributed by atoms with Gasteiger partial charge in [-0.1, -0.05) is 88.1 Å². The second kappa shape index (κ2) is 11.7. The van der Waals surface area contributed by atoms with E-state index in [9.17, 15) is 18.0 Å².